The fourth-order valence-electron chi connectivity index (χ4n) is 1.76. The van der Waals surface area contributed by atoms with Crippen LogP contribution in [0, 0.1) is 17.0 Å². The first-order valence-electron chi connectivity index (χ1n) is 5.80. The number of aryl methyl sites for hydroxylation is 1. The minimum Gasteiger partial charge on any atom is -0.380 e. The van der Waals surface area contributed by atoms with Crippen molar-refractivity contribution in [3.63, 3.8) is 0 Å². The van der Waals surface area contributed by atoms with Crippen molar-refractivity contribution in [2.75, 3.05) is 5.32 Å². The molecule has 0 aliphatic heterocycles. The molecule has 0 heterocycles. The van der Waals surface area contributed by atoms with E-state index in [0.29, 0.717) is 17.3 Å². The van der Waals surface area contributed by atoms with Gasteiger partial charge in [0.25, 0.3) is 5.69 Å². The first-order chi connectivity index (χ1) is 9.08. The van der Waals surface area contributed by atoms with Crippen molar-refractivity contribution < 1.29 is 4.92 Å². The predicted molar refractivity (Wildman–Crippen MR) is 76.6 cm³/mol. The summed E-state index contributed by atoms with van der Waals surface area (Å²) in [7, 11) is 0. The van der Waals surface area contributed by atoms with Crippen molar-refractivity contribution in [1.82, 2.24) is 0 Å². The second kappa shape index (κ2) is 5.71. The lowest BCUT2D eigenvalue weighted by Gasteiger charge is -2.10. The molecule has 0 aliphatic rings. The van der Waals surface area contributed by atoms with Crippen molar-refractivity contribution in [1.29, 1.82) is 0 Å². The van der Waals surface area contributed by atoms with Gasteiger partial charge in [-0.1, -0.05) is 35.9 Å². The lowest BCUT2D eigenvalue weighted by Crippen LogP contribution is -2.02. The van der Waals surface area contributed by atoms with Gasteiger partial charge in [-0.25, -0.2) is 0 Å². The zero-order chi connectivity index (χ0) is 13.8. The van der Waals surface area contributed by atoms with Crippen molar-refractivity contribution in [3.05, 3.63) is 68.7 Å². The van der Waals surface area contributed by atoms with Gasteiger partial charge < -0.3 is 5.32 Å². The number of halogens is 1. The van der Waals surface area contributed by atoms with E-state index in [9.17, 15) is 10.1 Å². The Bertz CT molecular complexity index is 614. The molecule has 0 radical (unpaired) electrons. The van der Waals surface area contributed by atoms with Crippen LogP contribution in [0.2, 0.25) is 5.02 Å². The Labute approximate surface area is 116 Å². The number of benzene rings is 2. The van der Waals surface area contributed by atoms with Gasteiger partial charge in [0.1, 0.15) is 0 Å². The first kappa shape index (κ1) is 13.4. The molecule has 2 aromatic rings. The average molecular weight is 277 g/mol. The van der Waals surface area contributed by atoms with E-state index in [-0.39, 0.29) is 5.69 Å². The van der Waals surface area contributed by atoms with Crippen LogP contribution in [0.15, 0.2) is 42.5 Å². The van der Waals surface area contributed by atoms with E-state index in [4.69, 9.17) is 11.6 Å². The monoisotopic (exact) mass is 276 g/mol. The van der Waals surface area contributed by atoms with Crippen LogP contribution < -0.4 is 5.32 Å². The average Bonchev–Trinajstić information content (AvgIpc) is 2.39. The Hall–Kier alpha value is -2.07. The Morgan fingerprint density at radius 2 is 2.00 bits per heavy atom. The molecule has 2 rings (SSSR count). The zero-order valence-electron chi connectivity index (χ0n) is 10.4. The van der Waals surface area contributed by atoms with Gasteiger partial charge in [-0.2, -0.15) is 0 Å². The number of rotatable bonds is 4. The molecule has 98 valence electrons. The van der Waals surface area contributed by atoms with Crippen molar-refractivity contribution in [2.24, 2.45) is 0 Å². The molecule has 0 unspecified atom stereocenters. The standard InChI is InChI=1S/C14H13ClN2O2/c1-10-4-2-3-5-11(10)9-16-14-7-6-12(17(18)19)8-13(14)15/h2-8,16H,9H2,1H3. The summed E-state index contributed by atoms with van der Waals surface area (Å²) in [6, 6.07) is 12.4. The minimum absolute atomic E-state index is 0.00792. The Kier molecular flexibility index (Phi) is 4.02. The number of hydrogen-bond acceptors (Lipinski definition) is 3. The van der Waals surface area contributed by atoms with Crippen LogP contribution in [0.1, 0.15) is 11.1 Å². The highest BCUT2D eigenvalue weighted by atomic mass is 35.5. The predicted octanol–water partition coefficient (Wildman–Crippen LogP) is 4.17. The number of nitrogens with one attached hydrogen (secondary N) is 1. The number of hydrogen-bond donors (Lipinski definition) is 1. The van der Waals surface area contributed by atoms with Crippen LogP contribution in [0.5, 0.6) is 0 Å². The molecule has 0 fully saturated rings. The van der Waals surface area contributed by atoms with E-state index >= 15 is 0 Å². The zero-order valence-corrected chi connectivity index (χ0v) is 11.1. The maximum Gasteiger partial charge on any atom is 0.271 e. The SMILES string of the molecule is Cc1ccccc1CNc1ccc([N+](=O)[O-])cc1Cl. The van der Waals surface area contributed by atoms with E-state index < -0.39 is 4.92 Å². The van der Waals surface area contributed by atoms with Gasteiger partial charge in [0, 0.05) is 18.7 Å². The third-order valence-electron chi connectivity index (χ3n) is 2.89. The van der Waals surface area contributed by atoms with Crippen molar-refractivity contribution >= 4 is 23.0 Å². The molecule has 0 amide bonds. The highest BCUT2D eigenvalue weighted by Crippen LogP contribution is 2.27. The molecule has 0 aromatic heterocycles. The third-order valence-corrected chi connectivity index (χ3v) is 3.21. The molecular weight excluding hydrogens is 264 g/mol. The number of nitro benzene ring substituents is 1. The van der Waals surface area contributed by atoms with E-state index in [1.54, 1.807) is 6.07 Å². The van der Waals surface area contributed by atoms with Gasteiger partial charge in [0.15, 0.2) is 0 Å². The Morgan fingerprint density at radius 1 is 1.26 bits per heavy atom. The third kappa shape index (κ3) is 3.23. The van der Waals surface area contributed by atoms with Gasteiger partial charge in [-0.15, -0.1) is 0 Å². The van der Waals surface area contributed by atoms with Gasteiger partial charge >= 0.3 is 0 Å². The van der Waals surface area contributed by atoms with E-state index in [1.807, 2.05) is 31.2 Å². The number of non-ortho nitro benzene ring substituents is 1. The number of nitro groups is 1. The normalized spacial score (nSPS) is 10.2. The molecule has 19 heavy (non-hydrogen) atoms. The molecule has 0 saturated heterocycles. The van der Waals surface area contributed by atoms with Crippen LogP contribution in [-0.2, 0) is 6.54 Å². The fourth-order valence-corrected chi connectivity index (χ4v) is 2.00. The lowest BCUT2D eigenvalue weighted by atomic mass is 10.1. The molecule has 0 bridgehead atoms. The fraction of sp³-hybridized carbons (Fsp3) is 0.143. The highest BCUT2D eigenvalue weighted by Gasteiger charge is 2.09. The number of nitrogens with zero attached hydrogens (tertiary/aromatic N) is 1. The quantitative estimate of drug-likeness (QED) is 0.673. The molecule has 0 atom stereocenters. The Balaban J connectivity index is 2.12. The number of anilines is 1. The summed E-state index contributed by atoms with van der Waals surface area (Å²) in [5, 5.41) is 14.1. The molecule has 1 N–H and O–H groups in total. The van der Waals surface area contributed by atoms with Gasteiger partial charge in [-0.05, 0) is 24.1 Å². The molecule has 2 aromatic carbocycles. The topological polar surface area (TPSA) is 55.2 Å². The minimum atomic E-state index is -0.461. The summed E-state index contributed by atoms with van der Waals surface area (Å²) in [4.78, 5) is 10.2. The van der Waals surface area contributed by atoms with Crippen LogP contribution >= 0.6 is 11.6 Å². The summed E-state index contributed by atoms with van der Waals surface area (Å²) >= 11 is 6.01. The molecule has 0 spiro atoms. The summed E-state index contributed by atoms with van der Waals surface area (Å²) in [5.41, 5.74) is 3.03. The van der Waals surface area contributed by atoms with Gasteiger partial charge in [-0.3, -0.25) is 10.1 Å². The highest BCUT2D eigenvalue weighted by molar-refractivity contribution is 6.33. The van der Waals surface area contributed by atoms with Crippen LogP contribution in [0.3, 0.4) is 0 Å². The van der Waals surface area contributed by atoms with E-state index in [1.165, 1.54) is 17.7 Å². The Morgan fingerprint density at radius 3 is 2.63 bits per heavy atom. The van der Waals surface area contributed by atoms with Crippen LogP contribution in [0.4, 0.5) is 11.4 Å². The van der Waals surface area contributed by atoms with Crippen molar-refractivity contribution in [2.45, 2.75) is 13.5 Å². The second-order valence-electron chi connectivity index (χ2n) is 4.20. The molecular formula is C14H13ClN2O2. The smallest absolute Gasteiger partial charge is 0.271 e. The van der Waals surface area contributed by atoms with Crippen LogP contribution in [0.25, 0.3) is 0 Å². The maximum atomic E-state index is 10.6. The first-order valence-corrected chi connectivity index (χ1v) is 6.18. The van der Waals surface area contributed by atoms with Crippen molar-refractivity contribution in [3.8, 4) is 0 Å². The molecule has 0 saturated carbocycles. The summed E-state index contributed by atoms with van der Waals surface area (Å²) < 4.78 is 0. The summed E-state index contributed by atoms with van der Waals surface area (Å²) in [6.07, 6.45) is 0. The van der Waals surface area contributed by atoms with Gasteiger partial charge in [0.2, 0.25) is 0 Å². The van der Waals surface area contributed by atoms with Gasteiger partial charge in [0.05, 0.1) is 15.6 Å². The summed E-state index contributed by atoms with van der Waals surface area (Å²) in [5.74, 6) is 0. The second-order valence-corrected chi connectivity index (χ2v) is 4.61. The summed E-state index contributed by atoms with van der Waals surface area (Å²) in [6.45, 7) is 2.67. The lowest BCUT2D eigenvalue weighted by molar-refractivity contribution is -0.384. The molecule has 4 nitrogen and oxygen atoms in total. The van der Waals surface area contributed by atoms with E-state index in [0.717, 1.165) is 5.56 Å². The molecule has 5 heteroatoms. The maximum absolute atomic E-state index is 10.6. The van der Waals surface area contributed by atoms with E-state index in [2.05, 4.69) is 5.32 Å². The molecule has 0 aliphatic carbocycles. The van der Waals surface area contributed by atoms with Crippen LogP contribution in [-0.4, -0.2) is 4.92 Å². The largest absolute Gasteiger partial charge is 0.380 e.